The molecular weight excluding hydrogens is 234 g/mol. The Kier molecular flexibility index (Phi) is 4.78. The molecule has 0 aromatic heterocycles. The monoisotopic (exact) mass is 265 g/mol. The van der Waals surface area contributed by atoms with E-state index in [-0.39, 0.29) is 0 Å². The maximum atomic E-state index is 3.64. The number of rotatable bonds is 6. The van der Waals surface area contributed by atoms with Crippen molar-refractivity contribution >= 4 is 0 Å². The lowest BCUT2D eigenvalue weighted by molar-refractivity contribution is 0.0727. The highest BCUT2D eigenvalue weighted by Crippen LogP contribution is 2.24. The quantitative estimate of drug-likeness (QED) is 0.793. The van der Waals surface area contributed by atoms with Crippen molar-refractivity contribution in [3.63, 3.8) is 0 Å². The van der Waals surface area contributed by atoms with E-state index in [9.17, 15) is 0 Å². The molecule has 110 valence electrons. The summed E-state index contributed by atoms with van der Waals surface area (Å²) in [5.74, 6) is 0. The van der Waals surface area contributed by atoms with Crippen LogP contribution in [0, 0.1) is 0 Å². The van der Waals surface area contributed by atoms with Gasteiger partial charge in [0.05, 0.1) is 0 Å². The summed E-state index contributed by atoms with van der Waals surface area (Å²) in [6, 6.07) is 2.55. The maximum absolute atomic E-state index is 3.64. The van der Waals surface area contributed by atoms with Gasteiger partial charge < -0.3 is 5.32 Å². The van der Waals surface area contributed by atoms with Crippen LogP contribution in [0.15, 0.2) is 0 Å². The first-order valence-corrected chi connectivity index (χ1v) is 8.54. The van der Waals surface area contributed by atoms with Gasteiger partial charge in [0.25, 0.3) is 0 Å². The topological polar surface area (TPSA) is 18.5 Å². The van der Waals surface area contributed by atoms with Crippen LogP contribution in [0.3, 0.4) is 0 Å². The van der Waals surface area contributed by atoms with E-state index in [0.717, 1.165) is 18.1 Å². The van der Waals surface area contributed by atoms with Crippen molar-refractivity contribution in [3.8, 4) is 0 Å². The van der Waals surface area contributed by atoms with Crippen LogP contribution in [0.2, 0.25) is 0 Å². The third kappa shape index (κ3) is 3.93. The Bertz CT molecular complexity index is 263. The fourth-order valence-corrected chi connectivity index (χ4v) is 3.78. The first-order valence-electron chi connectivity index (χ1n) is 8.54. The number of hydrogen-bond donors (Lipinski definition) is 1. The summed E-state index contributed by atoms with van der Waals surface area (Å²) in [4.78, 5) is 5.47. The van der Waals surface area contributed by atoms with Crippen LogP contribution in [0.4, 0.5) is 0 Å². The number of nitrogens with zero attached hydrogens (tertiary/aromatic N) is 2. The lowest BCUT2D eigenvalue weighted by Gasteiger charge is -2.40. The Labute approximate surface area is 118 Å². The van der Waals surface area contributed by atoms with Crippen LogP contribution in [0.25, 0.3) is 0 Å². The van der Waals surface area contributed by atoms with Crippen molar-refractivity contribution in [3.05, 3.63) is 0 Å². The van der Waals surface area contributed by atoms with Gasteiger partial charge in [-0.2, -0.15) is 0 Å². The van der Waals surface area contributed by atoms with Crippen molar-refractivity contribution in [2.45, 2.75) is 70.0 Å². The SMILES string of the molecule is CC(CCNC1CC1)N1CCN(C2CCCC2)CC1. The fourth-order valence-electron chi connectivity index (χ4n) is 3.78. The van der Waals surface area contributed by atoms with E-state index in [4.69, 9.17) is 0 Å². The highest BCUT2D eigenvalue weighted by atomic mass is 15.3. The van der Waals surface area contributed by atoms with E-state index in [0.29, 0.717) is 0 Å². The molecule has 3 fully saturated rings. The van der Waals surface area contributed by atoms with Crippen LogP contribution in [-0.4, -0.2) is 60.6 Å². The molecule has 2 aliphatic carbocycles. The first kappa shape index (κ1) is 13.8. The number of nitrogens with one attached hydrogen (secondary N) is 1. The highest BCUT2D eigenvalue weighted by molar-refractivity contribution is 4.85. The Balaban J connectivity index is 1.33. The second-order valence-electron chi connectivity index (χ2n) is 6.88. The van der Waals surface area contributed by atoms with Gasteiger partial charge in [-0.1, -0.05) is 12.8 Å². The molecule has 1 heterocycles. The van der Waals surface area contributed by atoms with Crippen LogP contribution in [0.5, 0.6) is 0 Å². The number of hydrogen-bond acceptors (Lipinski definition) is 3. The molecule has 0 radical (unpaired) electrons. The van der Waals surface area contributed by atoms with E-state index in [1.54, 1.807) is 0 Å². The zero-order chi connectivity index (χ0) is 13.1. The molecule has 3 rings (SSSR count). The predicted octanol–water partition coefficient (Wildman–Crippen LogP) is 2.08. The summed E-state index contributed by atoms with van der Waals surface area (Å²) < 4.78 is 0. The summed E-state index contributed by atoms with van der Waals surface area (Å²) in [5.41, 5.74) is 0. The van der Waals surface area contributed by atoms with E-state index in [1.807, 2.05) is 0 Å². The summed E-state index contributed by atoms with van der Waals surface area (Å²) in [5, 5.41) is 3.64. The van der Waals surface area contributed by atoms with Gasteiger partial charge in [0.2, 0.25) is 0 Å². The Morgan fingerprint density at radius 3 is 2.32 bits per heavy atom. The molecule has 1 aliphatic heterocycles. The van der Waals surface area contributed by atoms with Gasteiger partial charge in [0, 0.05) is 44.3 Å². The molecule has 0 aromatic carbocycles. The van der Waals surface area contributed by atoms with E-state index >= 15 is 0 Å². The molecule has 0 amide bonds. The van der Waals surface area contributed by atoms with E-state index < -0.39 is 0 Å². The standard InChI is InChI=1S/C16H31N3/c1-14(8-9-17-15-6-7-15)18-10-12-19(13-11-18)16-4-2-3-5-16/h14-17H,2-13H2,1H3. The predicted molar refractivity (Wildman–Crippen MR) is 80.5 cm³/mol. The molecule has 2 saturated carbocycles. The van der Waals surface area contributed by atoms with Gasteiger partial charge in [-0.15, -0.1) is 0 Å². The van der Waals surface area contributed by atoms with E-state index in [1.165, 1.54) is 77.7 Å². The zero-order valence-electron chi connectivity index (χ0n) is 12.6. The molecule has 0 aromatic rings. The molecule has 0 bridgehead atoms. The highest BCUT2D eigenvalue weighted by Gasteiger charge is 2.27. The van der Waals surface area contributed by atoms with Gasteiger partial charge in [0.1, 0.15) is 0 Å². The Hall–Kier alpha value is -0.120. The van der Waals surface area contributed by atoms with Gasteiger partial charge in [-0.25, -0.2) is 0 Å². The average Bonchev–Trinajstić information content (AvgIpc) is 3.10. The van der Waals surface area contributed by atoms with Gasteiger partial charge in [-0.3, -0.25) is 9.80 Å². The molecule has 3 aliphatic rings. The van der Waals surface area contributed by atoms with Crippen molar-refractivity contribution < 1.29 is 0 Å². The summed E-state index contributed by atoms with van der Waals surface area (Å²) in [7, 11) is 0. The minimum Gasteiger partial charge on any atom is -0.314 e. The van der Waals surface area contributed by atoms with Crippen molar-refractivity contribution in [1.29, 1.82) is 0 Å². The molecule has 1 saturated heterocycles. The molecular formula is C16H31N3. The van der Waals surface area contributed by atoms with Crippen LogP contribution in [-0.2, 0) is 0 Å². The fraction of sp³-hybridized carbons (Fsp3) is 1.00. The van der Waals surface area contributed by atoms with E-state index in [2.05, 4.69) is 22.0 Å². The third-order valence-corrected chi connectivity index (χ3v) is 5.39. The van der Waals surface area contributed by atoms with Crippen LogP contribution >= 0.6 is 0 Å². The van der Waals surface area contributed by atoms with Crippen molar-refractivity contribution in [2.24, 2.45) is 0 Å². The zero-order valence-corrected chi connectivity index (χ0v) is 12.6. The molecule has 3 nitrogen and oxygen atoms in total. The Morgan fingerprint density at radius 2 is 1.68 bits per heavy atom. The van der Waals surface area contributed by atoms with Crippen LogP contribution in [0.1, 0.15) is 51.9 Å². The molecule has 0 spiro atoms. The first-order chi connectivity index (χ1) is 9.33. The molecule has 1 unspecified atom stereocenters. The second kappa shape index (κ2) is 6.55. The molecule has 1 atom stereocenters. The second-order valence-corrected chi connectivity index (χ2v) is 6.88. The van der Waals surface area contributed by atoms with Gasteiger partial charge in [0.15, 0.2) is 0 Å². The lowest BCUT2D eigenvalue weighted by Crippen LogP contribution is -2.52. The minimum atomic E-state index is 0.761. The van der Waals surface area contributed by atoms with Crippen molar-refractivity contribution in [1.82, 2.24) is 15.1 Å². The van der Waals surface area contributed by atoms with Crippen LogP contribution < -0.4 is 5.32 Å². The average molecular weight is 265 g/mol. The molecule has 3 heteroatoms. The smallest absolute Gasteiger partial charge is 0.0113 e. The largest absolute Gasteiger partial charge is 0.314 e. The molecule has 1 N–H and O–H groups in total. The third-order valence-electron chi connectivity index (χ3n) is 5.39. The molecule has 19 heavy (non-hydrogen) atoms. The Morgan fingerprint density at radius 1 is 1.00 bits per heavy atom. The normalized spacial score (nSPS) is 28.9. The lowest BCUT2D eigenvalue weighted by atomic mass is 10.1. The van der Waals surface area contributed by atoms with Gasteiger partial charge in [-0.05, 0) is 45.6 Å². The maximum Gasteiger partial charge on any atom is 0.0113 e. The van der Waals surface area contributed by atoms with Gasteiger partial charge >= 0.3 is 0 Å². The van der Waals surface area contributed by atoms with Crippen molar-refractivity contribution in [2.75, 3.05) is 32.7 Å². The summed E-state index contributed by atoms with van der Waals surface area (Å²) >= 11 is 0. The summed E-state index contributed by atoms with van der Waals surface area (Å²) in [6.45, 7) is 8.84. The minimum absolute atomic E-state index is 0.761. The number of piperazine rings is 1. The summed E-state index contributed by atoms with van der Waals surface area (Å²) in [6.07, 6.45) is 9.99.